The molecule has 2 heterocycles. The fraction of sp³-hybridized carbons (Fsp3) is 0.583. The Kier molecular flexibility index (Phi) is 4.84. The van der Waals surface area contributed by atoms with Crippen LogP contribution in [0.25, 0.3) is 0 Å². The molecule has 1 unspecified atom stereocenters. The van der Waals surface area contributed by atoms with Crippen molar-refractivity contribution >= 4 is 17.5 Å². The highest BCUT2D eigenvalue weighted by Crippen LogP contribution is 2.60. The maximum Gasteiger partial charge on any atom is 0.249 e. The van der Waals surface area contributed by atoms with Crippen molar-refractivity contribution in [2.45, 2.75) is 38.5 Å². The van der Waals surface area contributed by atoms with Gasteiger partial charge in [-0.3, -0.25) is 9.59 Å². The second-order valence-electron chi connectivity index (χ2n) is 9.18. The zero-order valence-corrected chi connectivity index (χ0v) is 17.2. The topological polar surface area (TPSA) is 43.9 Å². The summed E-state index contributed by atoms with van der Waals surface area (Å²) >= 11 is 0. The highest BCUT2D eigenvalue weighted by Gasteiger charge is 2.59. The summed E-state index contributed by atoms with van der Waals surface area (Å²) in [5.74, 6) is 0.794. The van der Waals surface area contributed by atoms with Crippen LogP contribution in [0.15, 0.2) is 42.0 Å². The molecule has 0 N–H and O–H groups in total. The van der Waals surface area contributed by atoms with Gasteiger partial charge in [0.15, 0.2) is 0 Å². The first kappa shape index (κ1) is 18.7. The standard InChI is InChI=1S/C24H31N3O2/c28-22(19-6-4-5-7-19)26-12-10-24(11-13-26)18-21(24)23(29)27-16-14-25(15-17-27)20-8-2-1-3-9-20/h1-3,6,8-9,21H,4-5,7,10-18H2. The van der Waals surface area contributed by atoms with Crippen LogP contribution >= 0.6 is 0 Å². The van der Waals surface area contributed by atoms with E-state index >= 15 is 0 Å². The monoisotopic (exact) mass is 393 g/mol. The number of carbonyl (C=O) groups is 2. The van der Waals surface area contributed by atoms with Gasteiger partial charge in [-0.2, -0.15) is 0 Å². The summed E-state index contributed by atoms with van der Waals surface area (Å²) in [6, 6.07) is 10.5. The molecule has 2 aliphatic carbocycles. The van der Waals surface area contributed by atoms with Crippen LogP contribution in [-0.4, -0.2) is 60.9 Å². The van der Waals surface area contributed by atoms with Gasteiger partial charge >= 0.3 is 0 Å². The van der Waals surface area contributed by atoms with Crippen LogP contribution in [0.5, 0.6) is 0 Å². The van der Waals surface area contributed by atoms with E-state index in [4.69, 9.17) is 0 Å². The van der Waals surface area contributed by atoms with Crippen LogP contribution in [0.2, 0.25) is 0 Å². The maximum atomic E-state index is 13.1. The Morgan fingerprint density at radius 2 is 1.62 bits per heavy atom. The SMILES string of the molecule is O=C(C1=CCCC1)N1CCC2(CC1)CC2C(=O)N1CCN(c2ccccc2)CC1. The first-order valence-corrected chi connectivity index (χ1v) is 11.2. The number of rotatable bonds is 3. The van der Waals surface area contributed by atoms with Crippen LogP contribution in [0.4, 0.5) is 5.69 Å². The number of benzene rings is 1. The molecule has 1 aromatic carbocycles. The maximum absolute atomic E-state index is 13.1. The summed E-state index contributed by atoms with van der Waals surface area (Å²) in [7, 11) is 0. The number of hydrogen-bond acceptors (Lipinski definition) is 3. The molecule has 4 aliphatic rings. The van der Waals surface area contributed by atoms with Crippen LogP contribution < -0.4 is 4.90 Å². The third-order valence-corrected chi connectivity index (χ3v) is 7.56. The van der Waals surface area contributed by atoms with Gasteiger partial charge in [0, 0.05) is 56.4 Å². The molecule has 154 valence electrons. The Morgan fingerprint density at radius 3 is 2.28 bits per heavy atom. The average Bonchev–Trinajstić information content (AvgIpc) is 3.20. The Labute approximate surface area is 173 Å². The summed E-state index contributed by atoms with van der Waals surface area (Å²) in [4.78, 5) is 32.2. The molecule has 5 heteroatoms. The molecular weight excluding hydrogens is 362 g/mol. The lowest BCUT2D eigenvalue weighted by Gasteiger charge is -2.37. The second kappa shape index (κ2) is 7.51. The third-order valence-electron chi connectivity index (χ3n) is 7.56. The number of carbonyl (C=O) groups excluding carboxylic acids is 2. The van der Waals surface area contributed by atoms with Crippen LogP contribution in [0, 0.1) is 11.3 Å². The minimum Gasteiger partial charge on any atom is -0.368 e. The predicted molar refractivity (Wildman–Crippen MR) is 114 cm³/mol. The number of hydrogen-bond donors (Lipinski definition) is 0. The molecule has 0 bridgehead atoms. The second-order valence-corrected chi connectivity index (χ2v) is 9.18. The summed E-state index contributed by atoms with van der Waals surface area (Å²) in [5.41, 5.74) is 2.44. The van der Waals surface area contributed by atoms with Crippen molar-refractivity contribution in [3.05, 3.63) is 42.0 Å². The van der Waals surface area contributed by atoms with Crippen LogP contribution in [-0.2, 0) is 9.59 Å². The van der Waals surface area contributed by atoms with Crippen molar-refractivity contribution in [2.24, 2.45) is 11.3 Å². The van der Waals surface area contributed by atoms with E-state index in [9.17, 15) is 9.59 Å². The molecule has 5 rings (SSSR count). The number of allylic oxidation sites excluding steroid dienone is 1. The highest BCUT2D eigenvalue weighted by molar-refractivity contribution is 5.94. The van der Waals surface area contributed by atoms with Gasteiger partial charge in [-0.05, 0) is 56.1 Å². The highest BCUT2D eigenvalue weighted by atomic mass is 16.2. The lowest BCUT2D eigenvalue weighted by molar-refractivity contribution is -0.134. The zero-order chi connectivity index (χ0) is 19.8. The molecule has 0 radical (unpaired) electrons. The molecule has 29 heavy (non-hydrogen) atoms. The molecule has 2 amide bonds. The van der Waals surface area contributed by atoms with E-state index in [2.05, 4.69) is 40.1 Å². The van der Waals surface area contributed by atoms with Crippen LogP contribution in [0.3, 0.4) is 0 Å². The molecular formula is C24H31N3O2. The fourth-order valence-corrected chi connectivity index (χ4v) is 5.52. The summed E-state index contributed by atoms with van der Waals surface area (Å²) in [6.07, 6.45) is 8.23. The fourth-order valence-electron chi connectivity index (χ4n) is 5.52. The number of piperidine rings is 1. The molecule has 5 nitrogen and oxygen atoms in total. The summed E-state index contributed by atoms with van der Waals surface area (Å²) < 4.78 is 0. The van der Waals surface area contributed by atoms with Crippen molar-refractivity contribution in [3.8, 4) is 0 Å². The van der Waals surface area contributed by atoms with Gasteiger partial charge in [-0.25, -0.2) is 0 Å². The van der Waals surface area contributed by atoms with Crippen molar-refractivity contribution in [1.29, 1.82) is 0 Å². The quantitative estimate of drug-likeness (QED) is 0.793. The van der Waals surface area contributed by atoms with Gasteiger partial charge in [-0.1, -0.05) is 24.3 Å². The van der Waals surface area contributed by atoms with Gasteiger partial charge in [0.25, 0.3) is 0 Å². The Hall–Kier alpha value is -2.30. The molecule has 3 fully saturated rings. The number of amides is 2. The van der Waals surface area contributed by atoms with E-state index < -0.39 is 0 Å². The van der Waals surface area contributed by atoms with Crippen molar-refractivity contribution in [3.63, 3.8) is 0 Å². The minimum absolute atomic E-state index is 0.175. The lowest BCUT2D eigenvalue weighted by atomic mass is 9.90. The van der Waals surface area contributed by atoms with Crippen molar-refractivity contribution in [2.75, 3.05) is 44.2 Å². The number of nitrogens with zero attached hydrogens (tertiary/aromatic N) is 3. The first-order chi connectivity index (χ1) is 14.2. The lowest BCUT2D eigenvalue weighted by Crippen LogP contribution is -2.50. The normalized spacial score (nSPS) is 25.9. The number of piperazine rings is 1. The van der Waals surface area contributed by atoms with Crippen molar-refractivity contribution < 1.29 is 9.59 Å². The van der Waals surface area contributed by atoms with Gasteiger partial charge in [-0.15, -0.1) is 0 Å². The van der Waals surface area contributed by atoms with Gasteiger partial charge < -0.3 is 14.7 Å². The molecule has 1 atom stereocenters. The molecule has 1 aromatic rings. The average molecular weight is 394 g/mol. The zero-order valence-electron chi connectivity index (χ0n) is 17.2. The summed E-state index contributed by atoms with van der Waals surface area (Å²) in [5, 5.41) is 0. The third kappa shape index (κ3) is 3.56. The summed E-state index contributed by atoms with van der Waals surface area (Å²) in [6.45, 7) is 5.10. The van der Waals surface area contributed by atoms with E-state index in [0.29, 0.717) is 5.91 Å². The van der Waals surface area contributed by atoms with Gasteiger partial charge in [0.2, 0.25) is 11.8 Å². The number of anilines is 1. The van der Waals surface area contributed by atoms with Gasteiger partial charge in [0.05, 0.1) is 0 Å². The minimum atomic E-state index is 0.175. The molecule has 1 saturated carbocycles. The molecule has 1 spiro atoms. The van der Waals surface area contributed by atoms with E-state index in [1.54, 1.807) is 0 Å². The molecule has 2 saturated heterocycles. The van der Waals surface area contributed by atoms with E-state index in [-0.39, 0.29) is 17.2 Å². The molecule has 2 aliphatic heterocycles. The van der Waals surface area contributed by atoms with E-state index in [1.165, 1.54) is 5.69 Å². The number of likely N-dealkylation sites (tertiary alicyclic amines) is 1. The Morgan fingerprint density at radius 1 is 0.897 bits per heavy atom. The number of para-hydroxylation sites is 1. The smallest absolute Gasteiger partial charge is 0.249 e. The van der Waals surface area contributed by atoms with E-state index in [1.807, 2.05) is 11.0 Å². The van der Waals surface area contributed by atoms with Crippen LogP contribution in [0.1, 0.15) is 38.5 Å². The van der Waals surface area contributed by atoms with Gasteiger partial charge in [0.1, 0.15) is 0 Å². The largest absolute Gasteiger partial charge is 0.368 e. The van der Waals surface area contributed by atoms with E-state index in [0.717, 1.165) is 83.4 Å². The van der Waals surface area contributed by atoms with Crippen molar-refractivity contribution in [1.82, 2.24) is 9.80 Å². The first-order valence-electron chi connectivity index (χ1n) is 11.2. The molecule has 0 aromatic heterocycles. The Bertz CT molecular complexity index is 803. The Balaban J connectivity index is 1.12. The predicted octanol–water partition coefficient (Wildman–Crippen LogP) is 3.07.